The number of hydrogen-bond acceptors (Lipinski definition) is 5. The average Bonchev–Trinajstić information content (AvgIpc) is 2.99. The van der Waals surface area contributed by atoms with Crippen molar-refractivity contribution in [1.29, 1.82) is 0 Å². The van der Waals surface area contributed by atoms with Crippen molar-refractivity contribution in [2.45, 2.75) is 69.2 Å². The maximum atomic E-state index is 12.6. The molecule has 4 N–H and O–H groups in total. The van der Waals surface area contributed by atoms with E-state index in [9.17, 15) is 9.90 Å². The SMILES string of the molecule is O=C(NCCO)C1=C[C@H](Oc2ccccc2I)[C@@H](O)[C@H](NC2CCCCCC2)C1. The summed E-state index contributed by atoms with van der Waals surface area (Å²) in [7, 11) is 0. The van der Waals surface area contributed by atoms with Gasteiger partial charge in [-0.3, -0.25) is 4.79 Å². The van der Waals surface area contributed by atoms with Crippen molar-refractivity contribution in [2.75, 3.05) is 13.2 Å². The predicted molar refractivity (Wildman–Crippen MR) is 121 cm³/mol. The summed E-state index contributed by atoms with van der Waals surface area (Å²) in [6.07, 6.45) is 7.93. The lowest BCUT2D eigenvalue weighted by Crippen LogP contribution is -2.54. The Balaban J connectivity index is 1.77. The highest BCUT2D eigenvalue weighted by atomic mass is 127. The highest BCUT2D eigenvalue weighted by Crippen LogP contribution is 2.28. The molecular formula is C22H31IN2O4. The van der Waals surface area contributed by atoms with Crippen LogP contribution < -0.4 is 15.4 Å². The summed E-state index contributed by atoms with van der Waals surface area (Å²) < 4.78 is 7.08. The van der Waals surface area contributed by atoms with Crippen molar-refractivity contribution in [1.82, 2.24) is 10.6 Å². The average molecular weight is 514 g/mol. The molecule has 0 aliphatic heterocycles. The van der Waals surface area contributed by atoms with Crippen LogP contribution in [0.15, 0.2) is 35.9 Å². The number of rotatable bonds is 7. The normalized spacial score (nSPS) is 25.8. The number of amides is 1. The van der Waals surface area contributed by atoms with Crippen molar-refractivity contribution < 1.29 is 19.7 Å². The molecule has 1 saturated carbocycles. The van der Waals surface area contributed by atoms with Crippen LogP contribution in [0, 0.1) is 3.57 Å². The number of carbonyl (C=O) groups is 1. The molecule has 3 rings (SSSR count). The fourth-order valence-corrected chi connectivity index (χ4v) is 4.61. The van der Waals surface area contributed by atoms with E-state index < -0.39 is 12.2 Å². The van der Waals surface area contributed by atoms with E-state index in [1.807, 2.05) is 24.3 Å². The molecule has 1 aromatic rings. The summed E-state index contributed by atoms with van der Waals surface area (Å²) in [5, 5.41) is 26.4. The number of nitrogens with one attached hydrogen (secondary N) is 2. The van der Waals surface area contributed by atoms with E-state index in [0.29, 0.717) is 23.8 Å². The number of ether oxygens (including phenoxy) is 1. The number of carbonyl (C=O) groups excluding carboxylic acids is 1. The largest absolute Gasteiger partial charge is 0.482 e. The smallest absolute Gasteiger partial charge is 0.247 e. The first kappa shape index (κ1) is 22.5. The van der Waals surface area contributed by atoms with Gasteiger partial charge in [0.05, 0.1) is 10.2 Å². The number of aliphatic hydroxyl groups excluding tert-OH is 2. The zero-order valence-corrected chi connectivity index (χ0v) is 18.8. The lowest BCUT2D eigenvalue weighted by molar-refractivity contribution is -0.118. The first-order chi connectivity index (χ1) is 14.1. The second-order valence-electron chi connectivity index (χ2n) is 7.84. The summed E-state index contributed by atoms with van der Waals surface area (Å²) in [6.45, 7) is 0.106. The van der Waals surface area contributed by atoms with Gasteiger partial charge in [-0.1, -0.05) is 37.8 Å². The Bertz CT molecular complexity index is 704. The van der Waals surface area contributed by atoms with E-state index in [2.05, 4.69) is 33.2 Å². The Hall–Kier alpha value is -1.16. The van der Waals surface area contributed by atoms with Crippen LogP contribution in [0.2, 0.25) is 0 Å². The molecular weight excluding hydrogens is 483 g/mol. The standard InChI is InChI=1S/C22H31IN2O4/c23-17-9-5-6-10-19(17)29-20-14-15(22(28)24-11-12-26)13-18(21(20)27)25-16-7-3-1-2-4-8-16/h5-6,9-10,14,16,18,20-21,25-27H,1-4,7-8,11-13H2,(H,24,28)/t18-,20+,21+/m1/s1. The minimum atomic E-state index is -0.747. The molecule has 2 aliphatic rings. The van der Waals surface area contributed by atoms with Crippen LogP contribution in [-0.4, -0.2) is 53.6 Å². The molecule has 0 bridgehead atoms. The maximum absolute atomic E-state index is 12.6. The van der Waals surface area contributed by atoms with E-state index >= 15 is 0 Å². The minimum absolute atomic E-state index is 0.104. The first-order valence-corrected chi connectivity index (χ1v) is 11.6. The Labute approximate surface area is 186 Å². The van der Waals surface area contributed by atoms with Gasteiger partial charge in [0.25, 0.3) is 0 Å². The van der Waals surface area contributed by atoms with Crippen LogP contribution in [0.1, 0.15) is 44.9 Å². The number of benzene rings is 1. The van der Waals surface area contributed by atoms with E-state index in [1.54, 1.807) is 6.08 Å². The highest BCUT2D eigenvalue weighted by Gasteiger charge is 2.36. The quantitative estimate of drug-likeness (QED) is 0.332. The van der Waals surface area contributed by atoms with Gasteiger partial charge in [0.15, 0.2) is 0 Å². The second kappa shape index (κ2) is 11.3. The van der Waals surface area contributed by atoms with E-state index in [1.165, 1.54) is 25.7 Å². The van der Waals surface area contributed by atoms with Gasteiger partial charge in [0, 0.05) is 24.2 Å². The minimum Gasteiger partial charge on any atom is -0.482 e. The van der Waals surface area contributed by atoms with Gasteiger partial charge in [0.1, 0.15) is 18.0 Å². The molecule has 0 aromatic heterocycles. The fourth-order valence-electron chi connectivity index (χ4n) is 4.10. The highest BCUT2D eigenvalue weighted by molar-refractivity contribution is 14.1. The number of para-hydroxylation sites is 1. The topological polar surface area (TPSA) is 90.8 Å². The predicted octanol–water partition coefficient (Wildman–Crippen LogP) is 2.52. The zero-order chi connectivity index (χ0) is 20.6. The number of halogens is 1. The molecule has 1 fully saturated rings. The molecule has 6 nitrogen and oxygen atoms in total. The molecule has 7 heteroatoms. The lowest BCUT2D eigenvalue weighted by atomic mass is 9.88. The van der Waals surface area contributed by atoms with Crippen molar-refractivity contribution in [3.8, 4) is 5.75 Å². The summed E-state index contributed by atoms with van der Waals surface area (Å²) in [6, 6.07) is 7.76. The van der Waals surface area contributed by atoms with Crippen LogP contribution in [0.25, 0.3) is 0 Å². The molecule has 0 saturated heterocycles. The van der Waals surface area contributed by atoms with Gasteiger partial charge in [-0.05, 0) is 60.1 Å². The van der Waals surface area contributed by atoms with Crippen LogP contribution in [0.3, 0.4) is 0 Å². The van der Waals surface area contributed by atoms with E-state index in [4.69, 9.17) is 9.84 Å². The molecule has 0 spiro atoms. The zero-order valence-electron chi connectivity index (χ0n) is 16.6. The van der Waals surface area contributed by atoms with Gasteiger partial charge in [-0.2, -0.15) is 0 Å². The van der Waals surface area contributed by atoms with Gasteiger partial charge in [-0.25, -0.2) is 0 Å². The lowest BCUT2D eigenvalue weighted by Gasteiger charge is -2.36. The third kappa shape index (κ3) is 6.41. The Morgan fingerprint density at radius 2 is 1.90 bits per heavy atom. The summed E-state index contributed by atoms with van der Waals surface area (Å²) in [4.78, 5) is 12.6. The Morgan fingerprint density at radius 1 is 1.17 bits per heavy atom. The van der Waals surface area contributed by atoms with Crippen LogP contribution in [0.5, 0.6) is 5.75 Å². The van der Waals surface area contributed by atoms with E-state index in [-0.39, 0.29) is 25.1 Å². The second-order valence-corrected chi connectivity index (χ2v) is 9.00. The third-order valence-electron chi connectivity index (χ3n) is 5.65. The molecule has 160 valence electrons. The fraction of sp³-hybridized carbons (Fsp3) is 0.591. The van der Waals surface area contributed by atoms with Crippen LogP contribution in [0.4, 0.5) is 0 Å². The van der Waals surface area contributed by atoms with E-state index in [0.717, 1.165) is 16.4 Å². The van der Waals surface area contributed by atoms with Crippen molar-refractivity contribution in [3.63, 3.8) is 0 Å². The maximum Gasteiger partial charge on any atom is 0.247 e. The summed E-state index contributed by atoms with van der Waals surface area (Å²) in [5.74, 6) is 0.480. The summed E-state index contributed by atoms with van der Waals surface area (Å²) >= 11 is 2.20. The van der Waals surface area contributed by atoms with Gasteiger partial charge >= 0.3 is 0 Å². The number of hydrogen-bond donors (Lipinski definition) is 4. The molecule has 3 atom stereocenters. The van der Waals surface area contributed by atoms with Gasteiger partial charge < -0.3 is 25.6 Å². The molecule has 29 heavy (non-hydrogen) atoms. The molecule has 2 aliphatic carbocycles. The molecule has 1 amide bonds. The van der Waals surface area contributed by atoms with Gasteiger partial charge in [-0.15, -0.1) is 0 Å². The molecule has 0 radical (unpaired) electrons. The van der Waals surface area contributed by atoms with Crippen molar-refractivity contribution in [2.24, 2.45) is 0 Å². The Kier molecular flexibility index (Phi) is 8.77. The van der Waals surface area contributed by atoms with Crippen LogP contribution >= 0.6 is 22.6 Å². The van der Waals surface area contributed by atoms with Crippen molar-refractivity contribution >= 4 is 28.5 Å². The molecule has 1 aromatic carbocycles. The number of aliphatic hydroxyl groups is 2. The molecule has 0 heterocycles. The first-order valence-electron chi connectivity index (χ1n) is 10.5. The third-order valence-corrected chi connectivity index (χ3v) is 6.54. The summed E-state index contributed by atoms with van der Waals surface area (Å²) in [5.41, 5.74) is 0.589. The Morgan fingerprint density at radius 3 is 2.59 bits per heavy atom. The van der Waals surface area contributed by atoms with Crippen LogP contribution in [-0.2, 0) is 4.79 Å². The monoisotopic (exact) mass is 514 g/mol. The van der Waals surface area contributed by atoms with Crippen molar-refractivity contribution in [3.05, 3.63) is 39.5 Å². The van der Waals surface area contributed by atoms with Gasteiger partial charge in [0.2, 0.25) is 5.91 Å². The molecule has 0 unspecified atom stereocenters.